The van der Waals surface area contributed by atoms with Crippen molar-refractivity contribution in [3.8, 4) is 0 Å². The molecule has 5 heteroatoms. The maximum absolute atomic E-state index is 13.4. The maximum atomic E-state index is 13.4. The van der Waals surface area contributed by atoms with Crippen LogP contribution in [0.1, 0.15) is 43.6 Å². The molecule has 0 aliphatic carbocycles. The Morgan fingerprint density at radius 2 is 1.69 bits per heavy atom. The number of anilines is 2. The number of hydrogen-bond acceptors (Lipinski definition) is 4. The van der Waals surface area contributed by atoms with Crippen LogP contribution in [0.15, 0.2) is 66.7 Å². The zero-order chi connectivity index (χ0) is 20.5. The molecule has 1 N–H and O–H groups in total. The topological polar surface area (TPSA) is 58.6 Å². The first-order chi connectivity index (χ1) is 14.0. The molecule has 1 aliphatic heterocycles. The van der Waals surface area contributed by atoms with Crippen molar-refractivity contribution in [2.24, 2.45) is 0 Å². The average molecular weight is 386 g/mol. The number of carbonyl (C=O) groups excluding carboxylic acids is 2. The van der Waals surface area contributed by atoms with E-state index < -0.39 is 6.17 Å². The van der Waals surface area contributed by atoms with Crippen LogP contribution in [0.3, 0.4) is 0 Å². The smallest absolute Gasteiger partial charge is 0.337 e. The molecule has 29 heavy (non-hydrogen) atoms. The summed E-state index contributed by atoms with van der Waals surface area (Å²) in [6.07, 6.45) is -0.397. The summed E-state index contributed by atoms with van der Waals surface area (Å²) in [5, 5.41) is 3.48. The summed E-state index contributed by atoms with van der Waals surface area (Å²) in [7, 11) is 1.36. The number of aryl methyl sites for hydroxylation is 2. The first-order valence-electron chi connectivity index (χ1n) is 9.44. The molecular formula is C24H22N2O3. The highest BCUT2D eigenvalue weighted by molar-refractivity contribution is 6.12. The summed E-state index contributed by atoms with van der Waals surface area (Å²) in [6, 6.07) is 20.6. The van der Waals surface area contributed by atoms with Crippen molar-refractivity contribution in [1.29, 1.82) is 0 Å². The number of ether oxygens (including phenoxy) is 1. The van der Waals surface area contributed by atoms with Crippen LogP contribution in [0.4, 0.5) is 11.4 Å². The molecule has 1 atom stereocenters. The lowest BCUT2D eigenvalue weighted by Gasteiger charge is -2.38. The molecule has 0 fully saturated rings. The molecular weight excluding hydrogens is 364 g/mol. The van der Waals surface area contributed by atoms with Crippen LogP contribution in [0, 0.1) is 13.8 Å². The minimum Gasteiger partial charge on any atom is -0.465 e. The lowest BCUT2D eigenvalue weighted by atomic mass is 10.0. The van der Waals surface area contributed by atoms with Crippen molar-refractivity contribution in [3.05, 3.63) is 94.5 Å². The summed E-state index contributed by atoms with van der Waals surface area (Å²) >= 11 is 0. The van der Waals surface area contributed by atoms with Gasteiger partial charge in [-0.25, -0.2) is 4.79 Å². The fourth-order valence-electron chi connectivity index (χ4n) is 3.55. The summed E-state index contributed by atoms with van der Waals surface area (Å²) in [6.45, 7) is 4.09. The fraction of sp³-hybridized carbons (Fsp3) is 0.167. The van der Waals surface area contributed by atoms with E-state index in [1.165, 1.54) is 12.7 Å². The third-order valence-electron chi connectivity index (χ3n) is 5.34. The standard InChI is InChI=1S/C24H22N2O3/c1-15-8-13-19(14-16(15)2)26-22(17-9-11-18(12-10-17)24(28)29-3)25-21-7-5-4-6-20(21)23(26)27/h4-14,22,25H,1-3H3/t22-/m0/s1. The van der Waals surface area contributed by atoms with Gasteiger partial charge in [-0.1, -0.05) is 30.3 Å². The van der Waals surface area contributed by atoms with Gasteiger partial charge in [0.05, 0.1) is 18.2 Å². The van der Waals surface area contributed by atoms with E-state index in [4.69, 9.17) is 4.74 Å². The number of nitrogens with zero attached hydrogens (tertiary/aromatic N) is 1. The van der Waals surface area contributed by atoms with Crippen molar-refractivity contribution < 1.29 is 14.3 Å². The Kier molecular flexibility index (Phi) is 4.80. The van der Waals surface area contributed by atoms with Crippen LogP contribution < -0.4 is 10.2 Å². The molecule has 3 aromatic rings. The van der Waals surface area contributed by atoms with Crippen LogP contribution >= 0.6 is 0 Å². The van der Waals surface area contributed by atoms with E-state index in [0.717, 1.165) is 22.5 Å². The number of amides is 1. The predicted octanol–water partition coefficient (Wildman–Crippen LogP) is 4.86. The molecule has 0 unspecified atom stereocenters. The largest absolute Gasteiger partial charge is 0.465 e. The average Bonchev–Trinajstić information content (AvgIpc) is 2.75. The zero-order valence-electron chi connectivity index (χ0n) is 16.6. The van der Waals surface area contributed by atoms with E-state index in [1.807, 2.05) is 68.4 Å². The molecule has 3 aromatic carbocycles. The minimum atomic E-state index is -0.397. The number of fused-ring (bicyclic) bond motifs is 1. The lowest BCUT2D eigenvalue weighted by Crippen LogP contribution is -2.43. The Morgan fingerprint density at radius 1 is 0.966 bits per heavy atom. The molecule has 5 nitrogen and oxygen atoms in total. The van der Waals surface area contributed by atoms with E-state index in [-0.39, 0.29) is 11.9 Å². The van der Waals surface area contributed by atoms with Gasteiger partial charge in [-0.2, -0.15) is 0 Å². The summed E-state index contributed by atoms with van der Waals surface area (Å²) in [5.41, 5.74) is 5.88. The van der Waals surface area contributed by atoms with E-state index >= 15 is 0 Å². The molecule has 0 saturated carbocycles. The van der Waals surface area contributed by atoms with Gasteiger partial charge in [0.1, 0.15) is 6.17 Å². The molecule has 0 spiro atoms. The second kappa shape index (κ2) is 7.43. The summed E-state index contributed by atoms with van der Waals surface area (Å²) < 4.78 is 4.78. The minimum absolute atomic E-state index is 0.0651. The molecule has 1 aliphatic rings. The van der Waals surface area contributed by atoms with Gasteiger partial charge in [0.2, 0.25) is 0 Å². The molecule has 1 heterocycles. The number of para-hydroxylation sites is 1. The van der Waals surface area contributed by atoms with Crippen molar-refractivity contribution in [2.75, 3.05) is 17.3 Å². The second-order valence-corrected chi connectivity index (χ2v) is 7.15. The van der Waals surface area contributed by atoms with Crippen LogP contribution in [0.5, 0.6) is 0 Å². The zero-order valence-corrected chi connectivity index (χ0v) is 16.6. The van der Waals surface area contributed by atoms with Crippen molar-refractivity contribution in [3.63, 3.8) is 0 Å². The SMILES string of the molecule is COC(=O)c1ccc([C@H]2Nc3ccccc3C(=O)N2c2ccc(C)c(C)c2)cc1. The van der Waals surface area contributed by atoms with Crippen LogP contribution in [0.25, 0.3) is 0 Å². The Labute approximate surface area is 169 Å². The van der Waals surface area contributed by atoms with E-state index in [1.54, 1.807) is 17.0 Å². The molecule has 0 bridgehead atoms. The highest BCUT2D eigenvalue weighted by Crippen LogP contribution is 2.37. The lowest BCUT2D eigenvalue weighted by molar-refractivity contribution is 0.0600. The summed E-state index contributed by atoms with van der Waals surface area (Å²) in [5.74, 6) is -0.453. The molecule has 1 amide bonds. The quantitative estimate of drug-likeness (QED) is 0.653. The van der Waals surface area contributed by atoms with Crippen molar-refractivity contribution in [1.82, 2.24) is 0 Å². The number of hydrogen-bond donors (Lipinski definition) is 1. The highest BCUT2D eigenvalue weighted by Gasteiger charge is 2.34. The third kappa shape index (κ3) is 3.36. The Hall–Kier alpha value is -3.60. The predicted molar refractivity (Wildman–Crippen MR) is 113 cm³/mol. The van der Waals surface area contributed by atoms with E-state index in [2.05, 4.69) is 5.32 Å². The molecule has 0 saturated heterocycles. The second-order valence-electron chi connectivity index (χ2n) is 7.15. The van der Waals surface area contributed by atoms with Gasteiger partial charge >= 0.3 is 5.97 Å². The monoisotopic (exact) mass is 386 g/mol. The van der Waals surface area contributed by atoms with Gasteiger partial charge in [0.15, 0.2) is 0 Å². The molecule has 0 aromatic heterocycles. The number of nitrogens with one attached hydrogen (secondary N) is 1. The van der Waals surface area contributed by atoms with Crippen LogP contribution in [0.2, 0.25) is 0 Å². The first-order valence-corrected chi connectivity index (χ1v) is 9.44. The number of carbonyl (C=O) groups is 2. The van der Waals surface area contributed by atoms with E-state index in [0.29, 0.717) is 11.1 Å². The van der Waals surface area contributed by atoms with Gasteiger partial charge in [-0.05, 0) is 66.9 Å². The van der Waals surface area contributed by atoms with Gasteiger partial charge in [0, 0.05) is 11.4 Å². The number of methoxy groups -OCH3 is 1. The van der Waals surface area contributed by atoms with E-state index in [9.17, 15) is 9.59 Å². The number of rotatable bonds is 3. The van der Waals surface area contributed by atoms with Crippen LogP contribution in [-0.2, 0) is 4.74 Å². The van der Waals surface area contributed by atoms with Gasteiger partial charge in [0.25, 0.3) is 5.91 Å². The van der Waals surface area contributed by atoms with Crippen molar-refractivity contribution >= 4 is 23.3 Å². The Balaban J connectivity index is 1.81. The fourth-order valence-corrected chi connectivity index (χ4v) is 3.55. The van der Waals surface area contributed by atoms with Gasteiger partial charge < -0.3 is 10.1 Å². The first kappa shape index (κ1) is 18.7. The summed E-state index contributed by atoms with van der Waals surface area (Å²) in [4.78, 5) is 27.0. The van der Waals surface area contributed by atoms with Gasteiger partial charge in [-0.15, -0.1) is 0 Å². The maximum Gasteiger partial charge on any atom is 0.337 e. The molecule has 146 valence electrons. The third-order valence-corrected chi connectivity index (χ3v) is 5.34. The highest BCUT2D eigenvalue weighted by atomic mass is 16.5. The Bertz CT molecular complexity index is 1090. The van der Waals surface area contributed by atoms with Crippen molar-refractivity contribution in [2.45, 2.75) is 20.0 Å². The molecule has 0 radical (unpaired) electrons. The van der Waals surface area contributed by atoms with Gasteiger partial charge in [-0.3, -0.25) is 9.69 Å². The number of esters is 1. The van der Waals surface area contributed by atoms with Crippen LogP contribution in [-0.4, -0.2) is 19.0 Å². The molecule has 4 rings (SSSR count). The number of benzene rings is 3. The Morgan fingerprint density at radius 3 is 2.38 bits per heavy atom. The normalized spacial score (nSPS) is 15.5.